The molecule has 3 heterocycles. The van der Waals surface area contributed by atoms with Gasteiger partial charge in [0.2, 0.25) is 0 Å². The van der Waals surface area contributed by atoms with Crippen molar-refractivity contribution in [3.63, 3.8) is 0 Å². The molecule has 118 valence electrons. The van der Waals surface area contributed by atoms with Crippen LogP contribution in [0.3, 0.4) is 0 Å². The number of hydrogen-bond donors (Lipinski definition) is 1. The van der Waals surface area contributed by atoms with Gasteiger partial charge in [-0.1, -0.05) is 18.2 Å². The number of aromatic amines is 1. The summed E-state index contributed by atoms with van der Waals surface area (Å²) in [5, 5.41) is 4.81. The van der Waals surface area contributed by atoms with Crippen LogP contribution in [0.25, 0.3) is 16.7 Å². The Kier molecular flexibility index (Phi) is 3.64. The highest BCUT2D eigenvalue weighted by molar-refractivity contribution is 5.75. The lowest BCUT2D eigenvalue weighted by molar-refractivity contribution is 0.0330. The van der Waals surface area contributed by atoms with Gasteiger partial charge in [-0.25, -0.2) is 9.67 Å². The molecule has 0 bridgehead atoms. The van der Waals surface area contributed by atoms with Crippen LogP contribution < -0.4 is 5.56 Å². The zero-order valence-electron chi connectivity index (χ0n) is 12.6. The van der Waals surface area contributed by atoms with Crippen molar-refractivity contribution in [2.24, 2.45) is 0 Å². The first kappa shape index (κ1) is 14.1. The third-order valence-electron chi connectivity index (χ3n) is 3.96. The van der Waals surface area contributed by atoms with Gasteiger partial charge in [-0.2, -0.15) is 5.10 Å². The number of morpholine rings is 1. The Balaban J connectivity index is 1.74. The van der Waals surface area contributed by atoms with E-state index in [9.17, 15) is 4.79 Å². The van der Waals surface area contributed by atoms with Crippen molar-refractivity contribution in [2.45, 2.75) is 6.54 Å². The lowest BCUT2D eigenvalue weighted by Crippen LogP contribution is -2.36. The fraction of sp³-hybridized carbons (Fsp3) is 0.312. The molecule has 4 rings (SSSR count). The number of para-hydroxylation sites is 1. The van der Waals surface area contributed by atoms with Crippen LogP contribution in [0.2, 0.25) is 0 Å². The summed E-state index contributed by atoms with van der Waals surface area (Å²) < 4.78 is 7.05. The molecule has 3 aromatic rings. The molecule has 0 spiro atoms. The van der Waals surface area contributed by atoms with Crippen molar-refractivity contribution in [1.82, 2.24) is 24.6 Å². The molecule has 0 atom stereocenters. The largest absolute Gasteiger partial charge is 0.379 e. The van der Waals surface area contributed by atoms with E-state index in [4.69, 9.17) is 4.74 Å². The number of rotatable bonds is 3. The average molecular weight is 311 g/mol. The quantitative estimate of drug-likeness (QED) is 0.779. The van der Waals surface area contributed by atoms with Gasteiger partial charge in [0.15, 0.2) is 5.65 Å². The van der Waals surface area contributed by atoms with Crippen molar-refractivity contribution in [3.05, 3.63) is 52.7 Å². The predicted molar refractivity (Wildman–Crippen MR) is 85.6 cm³/mol. The van der Waals surface area contributed by atoms with E-state index in [0.717, 1.165) is 18.8 Å². The number of nitrogens with zero attached hydrogens (tertiary/aromatic N) is 4. The Morgan fingerprint density at radius 1 is 1.17 bits per heavy atom. The second kappa shape index (κ2) is 5.94. The first-order chi connectivity index (χ1) is 11.3. The van der Waals surface area contributed by atoms with Gasteiger partial charge < -0.3 is 9.72 Å². The van der Waals surface area contributed by atoms with E-state index in [1.807, 2.05) is 30.3 Å². The summed E-state index contributed by atoms with van der Waals surface area (Å²) in [5.41, 5.74) is 1.32. The van der Waals surface area contributed by atoms with E-state index >= 15 is 0 Å². The molecule has 1 N–H and O–H groups in total. The standard InChI is InChI=1S/C16H17N5O2/c22-16-13-10-17-21(12-4-2-1-3-5-12)15(13)18-14(19-16)11-20-6-8-23-9-7-20/h1-5,10H,6-9,11H2,(H,18,19,22). The van der Waals surface area contributed by atoms with Crippen molar-refractivity contribution in [2.75, 3.05) is 26.3 Å². The molecule has 1 aliphatic rings. The summed E-state index contributed by atoms with van der Waals surface area (Å²) >= 11 is 0. The van der Waals surface area contributed by atoms with Crippen molar-refractivity contribution in [3.8, 4) is 5.69 Å². The smallest absolute Gasteiger partial charge is 0.262 e. The minimum absolute atomic E-state index is 0.152. The Hall–Kier alpha value is -2.51. The highest BCUT2D eigenvalue weighted by Gasteiger charge is 2.15. The second-order valence-electron chi connectivity index (χ2n) is 5.53. The van der Waals surface area contributed by atoms with Gasteiger partial charge in [0.1, 0.15) is 11.2 Å². The number of ether oxygens (including phenoxy) is 1. The van der Waals surface area contributed by atoms with Crippen LogP contribution in [0, 0.1) is 0 Å². The molecule has 0 saturated carbocycles. The van der Waals surface area contributed by atoms with Gasteiger partial charge in [-0.05, 0) is 12.1 Å². The minimum atomic E-state index is -0.152. The van der Waals surface area contributed by atoms with E-state index in [-0.39, 0.29) is 5.56 Å². The Morgan fingerprint density at radius 2 is 1.96 bits per heavy atom. The normalized spacial score (nSPS) is 16.0. The average Bonchev–Trinajstić information content (AvgIpc) is 3.01. The third kappa shape index (κ3) is 2.76. The van der Waals surface area contributed by atoms with Gasteiger partial charge in [0, 0.05) is 13.1 Å². The van der Waals surface area contributed by atoms with E-state index in [0.29, 0.717) is 36.6 Å². The predicted octanol–water partition coefficient (Wildman–Crippen LogP) is 0.941. The maximum absolute atomic E-state index is 12.3. The lowest BCUT2D eigenvalue weighted by Gasteiger charge is -2.25. The summed E-state index contributed by atoms with van der Waals surface area (Å²) in [5.74, 6) is 0.655. The van der Waals surface area contributed by atoms with Crippen molar-refractivity contribution >= 4 is 11.0 Å². The molecule has 7 heteroatoms. The summed E-state index contributed by atoms with van der Waals surface area (Å²) in [6.07, 6.45) is 1.56. The third-order valence-corrected chi connectivity index (χ3v) is 3.96. The minimum Gasteiger partial charge on any atom is -0.379 e. The molecule has 0 unspecified atom stereocenters. The second-order valence-corrected chi connectivity index (χ2v) is 5.53. The molecule has 1 aromatic carbocycles. The number of H-pyrrole nitrogens is 1. The topological polar surface area (TPSA) is 76.0 Å². The van der Waals surface area contributed by atoms with Crippen LogP contribution in [-0.2, 0) is 11.3 Å². The van der Waals surface area contributed by atoms with Crippen LogP contribution in [-0.4, -0.2) is 51.0 Å². The molecule has 1 aliphatic heterocycles. The molecule has 0 radical (unpaired) electrons. The summed E-state index contributed by atoms with van der Waals surface area (Å²) in [7, 11) is 0. The first-order valence-corrected chi connectivity index (χ1v) is 7.64. The van der Waals surface area contributed by atoms with E-state index in [1.165, 1.54) is 0 Å². The first-order valence-electron chi connectivity index (χ1n) is 7.64. The molecule has 23 heavy (non-hydrogen) atoms. The number of aromatic nitrogens is 4. The van der Waals surface area contributed by atoms with Crippen molar-refractivity contribution < 1.29 is 4.74 Å². The highest BCUT2D eigenvalue weighted by atomic mass is 16.5. The molecular formula is C16H17N5O2. The molecule has 1 fully saturated rings. The van der Waals surface area contributed by atoms with Gasteiger partial charge in [-0.15, -0.1) is 0 Å². The van der Waals surface area contributed by atoms with Gasteiger partial charge in [0.25, 0.3) is 5.56 Å². The van der Waals surface area contributed by atoms with Crippen LogP contribution >= 0.6 is 0 Å². The van der Waals surface area contributed by atoms with Crippen LogP contribution in [0.15, 0.2) is 41.3 Å². The Labute approximate surface area is 132 Å². The van der Waals surface area contributed by atoms with Gasteiger partial charge >= 0.3 is 0 Å². The number of hydrogen-bond acceptors (Lipinski definition) is 5. The van der Waals surface area contributed by atoms with E-state index in [1.54, 1.807) is 10.9 Å². The van der Waals surface area contributed by atoms with Crippen LogP contribution in [0.5, 0.6) is 0 Å². The molecule has 0 aliphatic carbocycles. The SMILES string of the molecule is O=c1[nH]c(CN2CCOCC2)nc2c1cnn2-c1ccccc1. The highest BCUT2D eigenvalue weighted by Crippen LogP contribution is 2.14. The Bertz CT molecular complexity index is 865. The maximum atomic E-state index is 12.3. The molecular weight excluding hydrogens is 294 g/mol. The van der Waals surface area contributed by atoms with Gasteiger partial charge in [-0.3, -0.25) is 9.69 Å². The lowest BCUT2D eigenvalue weighted by atomic mass is 10.3. The monoisotopic (exact) mass is 311 g/mol. The molecule has 1 saturated heterocycles. The number of benzene rings is 1. The van der Waals surface area contributed by atoms with E-state index < -0.39 is 0 Å². The summed E-state index contributed by atoms with van der Waals surface area (Å²) in [6.45, 7) is 3.73. The maximum Gasteiger partial charge on any atom is 0.262 e. The van der Waals surface area contributed by atoms with E-state index in [2.05, 4.69) is 20.0 Å². The van der Waals surface area contributed by atoms with Crippen LogP contribution in [0.4, 0.5) is 0 Å². The molecule has 2 aromatic heterocycles. The Morgan fingerprint density at radius 3 is 2.74 bits per heavy atom. The zero-order valence-corrected chi connectivity index (χ0v) is 12.6. The number of nitrogens with one attached hydrogen (secondary N) is 1. The van der Waals surface area contributed by atoms with Crippen LogP contribution in [0.1, 0.15) is 5.82 Å². The summed E-state index contributed by atoms with van der Waals surface area (Å²) in [6, 6.07) is 9.70. The van der Waals surface area contributed by atoms with Crippen molar-refractivity contribution in [1.29, 1.82) is 0 Å². The molecule has 0 amide bonds. The van der Waals surface area contributed by atoms with Gasteiger partial charge in [0.05, 0.1) is 31.6 Å². The molecule has 7 nitrogen and oxygen atoms in total. The fourth-order valence-electron chi connectivity index (χ4n) is 2.77. The number of fused-ring (bicyclic) bond motifs is 1. The zero-order chi connectivity index (χ0) is 15.6. The summed E-state index contributed by atoms with van der Waals surface area (Å²) in [4.78, 5) is 22.0. The fourth-order valence-corrected chi connectivity index (χ4v) is 2.77.